The number of hydrogen-bond acceptors (Lipinski definition) is 4. The first-order chi connectivity index (χ1) is 10.7. The second kappa shape index (κ2) is 8.20. The molecule has 1 aliphatic rings. The van der Waals surface area contributed by atoms with Crippen molar-refractivity contribution in [2.45, 2.75) is 25.9 Å². The molecule has 1 aromatic carbocycles. The van der Waals surface area contributed by atoms with Gasteiger partial charge in [-0.05, 0) is 43.5 Å². The van der Waals surface area contributed by atoms with Crippen molar-refractivity contribution in [3.63, 3.8) is 0 Å². The van der Waals surface area contributed by atoms with Gasteiger partial charge in [0.1, 0.15) is 17.4 Å². The minimum Gasteiger partial charge on any atom is -0.494 e. The van der Waals surface area contributed by atoms with Crippen LogP contribution in [-0.4, -0.2) is 31.8 Å². The van der Waals surface area contributed by atoms with Crippen LogP contribution in [0, 0.1) is 11.3 Å². The van der Waals surface area contributed by atoms with E-state index in [1.165, 1.54) is 0 Å². The van der Waals surface area contributed by atoms with Gasteiger partial charge in [-0.2, -0.15) is 5.26 Å². The van der Waals surface area contributed by atoms with Gasteiger partial charge >= 0.3 is 0 Å². The average molecular weight is 300 g/mol. The minimum absolute atomic E-state index is 0.0642. The molecule has 0 spiro atoms. The molecule has 22 heavy (non-hydrogen) atoms. The van der Waals surface area contributed by atoms with Crippen LogP contribution in [0.2, 0.25) is 0 Å². The van der Waals surface area contributed by atoms with E-state index in [0.29, 0.717) is 13.2 Å². The zero-order valence-corrected chi connectivity index (χ0v) is 12.7. The maximum absolute atomic E-state index is 12.0. The van der Waals surface area contributed by atoms with E-state index in [1.807, 2.05) is 37.3 Å². The fraction of sp³-hybridized carbons (Fsp3) is 0.412. The summed E-state index contributed by atoms with van der Waals surface area (Å²) < 4.78 is 10.8. The highest BCUT2D eigenvalue weighted by Crippen LogP contribution is 2.15. The topological polar surface area (TPSA) is 71.3 Å². The molecule has 1 aliphatic heterocycles. The molecular weight excluding hydrogens is 280 g/mol. The molecule has 1 atom stereocenters. The van der Waals surface area contributed by atoms with Gasteiger partial charge in [0.05, 0.1) is 12.7 Å². The molecule has 116 valence electrons. The van der Waals surface area contributed by atoms with Crippen molar-refractivity contribution >= 4 is 12.0 Å². The van der Waals surface area contributed by atoms with Crippen molar-refractivity contribution < 1.29 is 14.3 Å². The Kier molecular flexibility index (Phi) is 5.99. The molecular formula is C17H20N2O3. The van der Waals surface area contributed by atoms with E-state index in [4.69, 9.17) is 14.7 Å². The van der Waals surface area contributed by atoms with E-state index in [1.54, 1.807) is 6.08 Å². The lowest BCUT2D eigenvalue weighted by molar-refractivity contribution is -0.117. The third-order valence-electron chi connectivity index (χ3n) is 3.38. The molecule has 5 heteroatoms. The van der Waals surface area contributed by atoms with E-state index >= 15 is 0 Å². The van der Waals surface area contributed by atoms with E-state index in [9.17, 15) is 4.79 Å². The van der Waals surface area contributed by atoms with Crippen LogP contribution in [0.4, 0.5) is 0 Å². The summed E-state index contributed by atoms with van der Waals surface area (Å²) in [7, 11) is 0. The van der Waals surface area contributed by atoms with Crippen LogP contribution in [0.5, 0.6) is 5.75 Å². The lowest BCUT2D eigenvalue weighted by atomic mass is 10.1. The van der Waals surface area contributed by atoms with Gasteiger partial charge in [-0.15, -0.1) is 0 Å². The van der Waals surface area contributed by atoms with Gasteiger partial charge in [-0.1, -0.05) is 12.1 Å². The summed E-state index contributed by atoms with van der Waals surface area (Å²) in [5.41, 5.74) is 0.870. The third kappa shape index (κ3) is 4.61. The molecule has 0 saturated carbocycles. The molecule has 2 rings (SSSR count). The Hall–Kier alpha value is -2.32. The Morgan fingerprint density at radius 1 is 1.50 bits per heavy atom. The number of nitriles is 1. The van der Waals surface area contributed by atoms with Crippen molar-refractivity contribution in [3.8, 4) is 11.8 Å². The van der Waals surface area contributed by atoms with Crippen LogP contribution in [-0.2, 0) is 9.53 Å². The highest BCUT2D eigenvalue weighted by atomic mass is 16.5. The van der Waals surface area contributed by atoms with Gasteiger partial charge in [0.25, 0.3) is 5.91 Å². The summed E-state index contributed by atoms with van der Waals surface area (Å²) >= 11 is 0. The number of amides is 1. The SMILES string of the molecule is CCOc1ccc(/C=C(\C#N)C(=O)NC[C@H]2CCCO2)cc1. The maximum Gasteiger partial charge on any atom is 0.262 e. The lowest BCUT2D eigenvalue weighted by Crippen LogP contribution is -2.32. The van der Waals surface area contributed by atoms with Crippen molar-refractivity contribution in [2.75, 3.05) is 19.8 Å². The Bertz CT molecular complexity index is 567. The Labute approximate surface area is 130 Å². The van der Waals surface area contributed by atoms with Gasteiger partial charge in [-0.3, -0.25) is 4.79 Å². The maximum atomic E-state index is 12.0. The van der Waals surface area contributed by atoms with Crippen LogP contribution < -0.4 is 10.1 Å². The number of nitrogens with zero attached hydrogens (tertiary/aromatic N) is 1. The molecule has 0 radical (unpaired) electrons. The van der Waals surface area contributed by atoms with Crippen molar-refractivity contribution in [3.05, 3.63) is 35.4 Å². The summed E-state index contributed by atoms with van der Waals surface area (Å²) in [6, 6.07) is 9.20. The molecule has 1 saturated heterocycles. The fourth-order valence-electron chi connectivity index (χ4n) is 2.25. The molecule has 0 aromatic heterocycles. The molecule has 0 bridgehead atoms. The van der Waals surface area contributed by atoms with Gasteiger partial charge < -0.3 is 14.8 Å². The van der Waals surface area contributed by atoms with Crippen LogP contribution in [0.1, 0.15) is 25.3 Å². The van der Waals surface area contributed by atoms with E-state index in [2.05, 4.69) is 5.32 Å². The summed E-state index contributed by atoms with van der Waals surface area (Å²) in [6.07, 6.45) is 3.60. The Morgan fingerprint density at radius 3 is 2.86 bits per heavy atom. The van der Waals surface area contributed by atoms with Crippen molar-refractivity contribution in [2.24, 2.45) is 0 Å². The fourth-order valence-corrected chi connectivity index (χ4v) is 2.25. The van der Waals surface area contributed by atoms with Gasteiger partial charge in [-0.25, -0.2) is 0 Å². The third-order valence-corrected chi connectivity index (χ3v) is 3.38. The standard InChI is InChI=1S/C17H20N2O3/c1-2-21-15-7-5-13(6-8-15)10-14(11-18)17(20)19-12-16-4-3-9-22-16/h5-8,10,16H,2-4,9,12H2,1H3,(H,19,20)/b14-10+/t16-/m1/s1. The van der Waals surface area contributed by atoms with Crippen molar-refractivity contribution in [1.29, 1.82) is 5.26 Å². The molecule has 1 aromatic rings. The average Bonchev–Trinajstić information content (AvgIpc) is 3.05. The van der Waals surface area contributed by atoms with Crippen LogP contribution >= 0.6 is 0 Å². The van der Waals surface area contributed by atoms with Gasteiger partial charge in [0.15, 0.2) is 0 Å². The van der Waals surface area contributed by atoms with Crippen LogP contribution in [0.15, 0.2) is 29.8 Å². The van der Waals surface area contributed by atoms with E-state index in [-0.39, 0.29) is 17.6 Å². The molecule has 1 amide bonds. The lowest BCUT2D eigenvalue weighted by Gasteiger charge is -2.10. The number of nitrogens with one attached hydrogen (secondary N) is 1. The number of carbonyl (C=O) groups is 1. The van der Waals surface area contributed by atoms with Gasteiger partial charge in [0.2, 0.25) is 0 Å². The zero-order chi connectivity index (χ0) is 15.8. The van der Waals surface area contributed by atoms with Crippen molar-refractivity contribution in [1.82, 2.24) is 5.32 Å². The summed E-state index contributed by atoms with van der Waals surface area (Å²) in [5.74, 6) is 0.396. The predicted molar refractivity (Wildman–Crippen MR) is 83.2 cm³/mol. The summed E-state index contributed by atoms with van der Waals surface area (Å²) in [6.45, 7) is 3.71. The van der Waals surface area contributed by atoms with Crippen LogP contribution in [0.25, 0.3) is 6.08 Å². The Morgan fingerprint density at radius 2 is 2.27 bits per heavy atom. The second-order valence-electron chi connectivity index (χ2n) is 5.02. The molecule has 1 fully saturated rings. The molecule has 1 heterocycles. The molecule has 0 aliphatic carbocycles. The number of benzene rings is 1. The normalized spacial score (nSPS) is 17.8. The molecule has 1 N–H and O–H groups in total. The first-order valence-electron chi connectivity index (χ1n) is 7.47. The summed E-state index contributed by atoms with van der Waals surface area (Å²) in [4.78, 5) is 12.0. The van der Waals surface area contributed by atoms with Crippen LogP contribution in [0.3, 0.4) is 0 Å². The Balaban J connectivity index is 1.96. The predicted octanol–water partition coefficient (Wildman–Crippen LogP) is 2.29. The van der Waals surface area contributed by atoms with Gasteiger partial charge in [0, 0.05) is 13.2 Å². The van der Waals surface area contributed by atoms with E-state index in [0.717, 1.165) is 30.8 Å². The highest BCUT2D eigenvalue weighted by molar-refractivity contribution is 6.01. The number of ether oxygens (including phenoxy) is 2. The first kappa shape index (κ1) is 16.1. The molecule has 0 unspecified atom stereocenters. The smallest absolute Gasteiger partial charge is 0.262 e. The number of rotatable bonds is 6. The largest absolute Gasteiger partial charge is 0.494 e. The highest BCUT2D eigenvalue weighted by Gasteiger charge is 2.17. The second-order valence-corrected chi connectivity index (χ2v) is 5.02. The first-order valence-corrected chi connectivity index (χ1v) is 7.47. The zero-order valence-electron chi connectivity index (χ0n) is 12.7. The summed E-state index contributed by atoms with van der Waals surface area (Å²) in [5, 5.41) is 11.9. The number of carbonyl (C=O) groups excluding carboxylic acids is 1. The minimum atomic E-state index is -0.369. The molecule has 5 nitrogen and oxygen atoms in total. The monoisotopic (exact) mass is 300 g/mol. The quantitative estimate of drug-likeness (QED) is 0.646. The number of hydrogen-bond donors (Lipinski definition) is 1. The van der Waals surface area contributed by atoms with E-state index < -0.39 is 0 Å².